The van der Waals surface area contributed by atoms with Crippen LogP contribution in [0.1, 0.15) is 15.9 Å². The molecule has 148 valence electrons. The van der Waals surface area contributed by atoms with E-state index in [9.17, 15) is 9.90 Å². The Morgan fingerprint density at radius 1 is 0.867 bits per heavy atom. The number of aromatic carboxylic acids is 1. The number of carboxylic acids is 1. The smallest absolute Gasteiger partial charge is 0.335 e. The highest BCUT2D eigenvalue weighted by molar-refractivity contribution is 6.31. The van der Waals surface area contributed by atoms with Gasteiger partial charge in [-0.25, -0.2) is 4.79 Å². The molecule has 3 aromatic carbocycles. The normalized spacial score (nSPS) is 10.6. The van der Waals surface area contributed by atoms with E-state index < -0.39 is 5.97 Å². The summed E-state index contributed by atoms with van der Waals surface area (Å²) < 4.78 is 6.10. The van der Waals surface area contributed by atoms with Gasteiger partial charge in [-0.05, 0) is 64.7 Å². The topological polar surface area (TPSA) is 59.4 Å². The molecule has 0 spiro atoms. The Hall–Kier alpha value is -3.63. The summed E-state index contributed by atoms with van der Waals surface area (Å²) in [7, 11) is 0. The Morgan fingerprint density at radius 2 is 1.63 bits per heavy atom. The summed E-state index contributed by atoms with van der Waals surface area (Å²) >= 11 is 6.31. The van der Waals surface area contributed by atoms with Crippen LogP contribution in [0, 0.1) is 0 Å². The van der Waals surface area contributed by atoms with Crippen LogP contribution >= 0.6 is 11.6 Å². The van der Waals surface area contributed by atoms with E-state index in [2.05, 4.69) is 4.98 Å². The maximum absolute atomic E-state index is 11.4. The maximum atomic E-state index is 11.4. The van der Waals surface area contributed by atoms with Crippen molar-refractivity contribution in [3.8, 4) is 28.0 Å². The highest BCUT2D eigenvalue weighted by Gasteiger charge is 2.14. The van der Waals surface area contributed by atoms with Crippen LogP contribution in [-0.4, -0.2) is 16.1 Å². The van der Waals surface area contributed by atoms with Crippen LogP contribution in [0.25, 0.3) is 22.3 Å². The van der Waals surface area contributed by atoms with Gasteiger partial charge < -0.3 is 9.84 Å². The van der Waals surface area contributed by atoms with Gasteiger partial charge in [0.15, 0.2) is 0 Å². The number of nitrogens with zero attached hydrogens (tertiary/aromatic N) is 1. The first-order valence-electron chi connectivity index (χ1n) is 9.36. The molecule has 0 saturated carbocycles. The van der Waals surface area contributed by atoms with Crippen LogP contribution in [0.2, 0.25) is 5.02 Å². The molecule has 0 aliphatic carbocycles. The van der Waals surface area contributed by atoms with Crippen LogP contribution in [0.4, 0.5) is 0 Å². The van der Waals surface area contributed by atoms with E-state index in [0.717, 1.165) is 27.8 Å². The lowest BCUT2D eigenvalue weighted by Gasteiger charge is -2.16. The third kappa shape index (κ3) is 4.34. The highest BCUT2D eigenvalue weighted by atomic mass is 35.5. The van der Waals surface area contributed by atoms with Crippen molar-refractivity contribution in [2.75, 3.05) is 0 Å². The number of benzene rings is 3. The third-order valence-corrected chi connectivity index (χ3v) is 4.96. The van der Waals surface area contributed by atoms with Crippen LogP contribution < -0.4 is 4.74 Å². The van der Waals surface area contributed by atoms with Crippen LogP contribution in [0.15, 0.2) is 91.3 Å². The van der Waals surface area contributed by atoms with Gasteiger partial charge in [0.1, 0.15) is 12.4 Å². The zero-order valence-corrected chi connectivity index (χ0v) is 16.7. The summed E-state index contributed by atoms with van der Waals surface area (Å²) in [6.07, 6.45) is 3.46. The average Bonchev–Trinajstić information content (AvgIpc) is 2.79. The fourth-order valence-electron chi connectivity index (χ4n) is 3.27. The Kier molecular flexibility index (Phi) is 5.77. The van der Waals surface area contributed by atoms with Crippen LogP contribution in [0.5, 0.6) is 5.75 Å². The van der Waals surface area contributed by atoms with Crippen molar-refractivity contribution in [1.29, 1.82) is 0 Å². The predicted octanol–water partition coefficient (Wildman–Crippen LogP) is 6.35. The molecular weight excluding hydrogens is 398 g/mol. The van der Waals surface area contributed by atoms with Crippen molar-refractivity contribution < 1.29 is 14.6 Å². The Labute approximate surface area is 179 Å². The van der Waals surface area contributed by atoms with Gasteiger partial charge in [-0.3, -0.25) is 4.98 Å². The molecule has 0 radical (unpaired) electrons. The molecule has 5 heteroatoms. The molecule has 1 N–H and O–H groups in total. The second-order valence-electron chi connectivity index (χ2n) is 6.72. The second kappa shape index (κ2) is 8.80. The van der Waals surface area contributed by atoms with E-state index in [0.29, 0.717) is 17.4 Å². The molecule has 0 atom stereocenters. The number of aromatic nitrogens is 1. The van der Waals surface area contributed by atoms with E-state index in [1.54, 1.807) is 36.7 Å². The SMILES string of the molecule is O=C(O)c1cccc(-c2ccccc2-c2cc(Cl)ccc2OCc2ccncc2)c1. The molecule has 30 heavy (non-hydrogen) atoms. The van der Waals surface area contributed by atoms with Gasteiger partial charge in [0.05, 0.1) is 5.56 Å². The lowest BCUT2D eigenvalue weighted by molar-refractivity contribution is 0.0697. The molecule has 4 rings (SSSR count). The summed E-state index contributed by atoms with van der Waals surface area (Å²) in [6, 6.07) is 24.0. The zero-order valence-electron chi connectivity index (χ0n) is 16.0. The van der Waals surface area contributed by atoms with Gasteiger partial charge in [0.25, 0.3) is 0 Å². The third-order valence-electron chi connectivity index (χ3n) is 4.72. The van der Waals surface area contributed by atoms with Crippen molar-refractivity contribution >= 4 is 17.6 Å². The number of carboxylic acid groups (broad SMARTS) is 1. The van der Waals surface area contributed by atoms with E-state index in [1.165, 1.54) is 0 Å². The molecule has 0 saturated heterocycles. The number of halogens is 1. The van der Waals surface area contributed by atoms with Gasteiger partial charge in [-0.1, -0.05) is 48.0 Å². The van der Waals surface area contributed by atoms with Crippen LogP contribution in [-0.2, 0) is 6.61 Å². The molecule has 4 nitrogen and oxygen atoms in total. The maximum Gasteiger partial charge on any atom is 0.335 e. The lowest BCUT2D eigenvalue weighted by atomic mass is 9.93. The summed E-state index contributed by atoms with van der Waals surface area (Å²) in [5.74, 6) is -0.267. The molecular formula is C25H18ClNO3. The predicted molar refractivity (Wildman–Crippen MR) is 118 cm³/mol. The first kappa shape index (κ1) is 19.7. The highest BCUT2D eigenvalue weighted by Crippen LogP contribution is 2.39. The number of rotatable bonds is 6. The number of carbonyl (C=O) groups is 1. The molecule has 0 amide bonds. The lowest BCUT2D eigenvalue weighted by Crippen LogP contribution is -1.98. The summed E-state index contributed by atoms with van der Waals surface area (Å²) in [4.78, 5) is 15.4. The van der Waals surface area contributed by atoms with Gasteiger partial charge in [0, 0.05) is 23.0 Å². The number of ether oxygens (including phenoxy) is 1. The van der Waals surface area contributed by atoms with Crippen molar-refractivity contribution in [3.05, 3.63) is 107 Å². The van der Waals surface area contributed by atoms with Gasteiger partial charge in [-0.15, -0.1) is 0 Å². The van der Waals surface area contributed by atoms with Crippen molar-refractivity contribution in [2.45, 2.75) is 6.61 Å². The number of hydrogen-bond acceptors (Lipinski definition) is 3. The van der Waals surface area contributed by atoms with Crippen molar-refractivity contribution in [1.82, 2.24) is 4.98 Å². The second-order valence-corrected chi connectivity index (χ2v) is 7.15. The Morgan fingerprint density at radius 3 is 2.40 bits per heavy atom. The number of pyridine rings is 1. The first-order valence-corrected chi connectivity index (χ1v) is 9.74. The van der Waals surface area contributed by atoms with Gasteiger partial charge in [0.2, 0.25) is 0 Å². The summed E-state index contributed by atoms with van der Waals surface area (Å²) in [5.41, 5.74) is 4.71. The molecule has 1 aromatic heterocycles. The summed E-state index contributed by atoms with van der Waals surface area (Å²) in [6.45, 7) is 0.397. The minimum Gasteiger partial charge on any atom is -0.488 e. The number of hydrogen-bond donors (Lipinski definition) is 1. The molecule has 4 aromatic rings. The minimum atomic E-state index is -0.960. The fourth-order valence-corrected chi connectivity index (χ4v) is 3.44. The fraction of sp³-hybridized carbons (Fsp3) is 0.0400. The molecule has 0 unspecified atom stereocenters. The standard InChI is InChI=1S/C25H18ClNO3/c26-20-8-9-24(30-16-17-10-12-27-13-11-17)23(15-20)22-7-2-1-6-21(22)18-4-3-5-19(14-18)25(28)29/h1-15H,16H2,(H,28,29). The Balaban J connectivity index is 1.77. The quantitative estimate of drug-likeness (QED) is 0.398. The monoisotopic (exact) mass is 415 g/mol. The van der Waals surface area contributed by atoms with Crippen molar-refractivity contribution in [2.24, 2.45) is 0 Å². The van der Waals surface area contributed by atoms with Gasteiger partial charge >= 0.3 is 5.97 Å². The van der Waals surface area contributed by atoms with E-state index in [-0.39, 0.29) is 5.56 Å². The largest absolute Gasteiger partial charge is 0.488 e. The molecule has 1 heterocycles. The van der Waals surface area contributed by atoms with Crippen LogP contribution in [0.3, 0.4) is 0 Å². The van der Waals surface area contributed by atoms with Gasteiger partial charge in [-0.2, -0.15) is 0 Å². The molecule has 0 fully saturated rings. The Bertz CT molecular complexity index is 1190. The summed E-state index contributed by atoms with van der Waals surface area (Å²) in [5, 5.41) is 9.95. The van der Waals surface area contributed by atoms with Crippen molar-refractivity contribution in [3.63, 3.8) is 0 Å². The molecule has 0 aliphatic rings. The van der Waals surface area contributed by atoms with E-state index in [1.807, 2.05) is 54.6 Å². The first-order chi connectivity index (χ1) is 14.6. The minimum absolute atomic E-state index is 0.238. The van der Waals surface area contributed by atoms with E-state index in [4.69, 9.17) is 16.3 Å². The molecule has 0 bridgehead atoms. The average molecular weight is 416 g/mol. The molecule has 0 aliphatic heterocycles. The van der Waals surface area contributed by atoms with E-state index >= 15 is 0 Å². The zero-order chi connectivity index (χ0) is 20.9.